The molecule has 0 aliphatic heterocycles. The average Bonchev–Trinajstić information content (AvgIpc) is 2.53. The smallest absolute Gasteiger partial charge is 0.164 e. The summed E-state index contributed by atoms with van der Waals surface area (Å²) in [6.07, 6.45) is 4.14. The maximum absolute atomic E-state index is 9.24. The molecule has 0 saturated carbocycles. The van der Waals surface area contributed by atoms with Gasteiger partial charge in [-0.2, -0.15) is 5.10 Å². The molecule has 66 valence electrons. The molecule has 0 aliphatic carbocycles. The first kappa shape index (κ1) is 8.89. The summed E-state index contributed by atoms with van der Waals surface area (Å²) in [5.74, 6) is 0. The number of nitrogens with two attached hydrogens (primary N) is 1. The Morgan fingerprint density at radius 1 is 1.75 bits per heavy atom. The molecule has 0 saturated heterocycles. The molecule has 3 N–H and O–H groups in total. The van der Waals surface area contributed by atoms with Crippen molar-refractivity contribution >= 4 is 6.21 Å². The molecule has 1 heterocycles. The zero-order chi connectivity index (χ0) is 8.81. The van der Waals surface area contributed by atoms with Crippen LogP contribution in [0.5, 0.6) is 0 Å². The summed E-state index contributed by atoms with van der Waals surface area (Å²) in [6, 6.07) is 1.79. The molecular formula is C7H12N4O. The third-order valence-electron chi connectivity index (χ3n) is 1.29. The molecule has 5 heteroatoms. The number of rotatable bonds is 4. The minimum absolute atomic E-state index is 0.343. The van der Waals surface area contributed by atoms with Gasteiger partial charge in [-0.1, -0.05) is 0 Å². The van der Waals surface area contributed by atoms with Crippen molar-refractivity contribution in [2.45, 2.75) is 12.8 Å². The Hall–Kier alpha value is -1.20. The average molecular weight is 168 g/mol. The molecule has 0 aliphatic rings. The molecule has 0 spiro atoms. The third kappa shape index (κ3) is 2.81. The molecule has 1 rings (SSSR count). The van der Waals surface area contributed by atoms with E-state index in [-0.39, 0.29) is 0 Å². The van der Waals surface area contributed by atoms with Gasteiger partial charge in [0.05, 0.1) is 6.54 Å². The first-order chi connectivity index (χ1) is 5.83. The van der Waals surface area contributed by atoms with Gasteiger partial charge < -0.3 is 10.8 Å². The first-order valence-corrected chi connectivity index (χ1v) is 3.70. The van der Waals surface area contributed by atoms with Gasteiger partial charge in [-0.15, -0.1) is 0 Å². The zero-order valence-corrected chi connectivity index (χ0v) is 6.67. The standard InChI is InChI=1S/C7H12N4O/c8-2-4-9-7(12)6-11-5-1-3-10-11/h1,3-5,7,12H,2,6,8H2. The quantitative estimate of drug-likeness (QED) is 0.580. The molecule has 0 radical (unpaired) electrons. The normalized spacial score (nSPS) is 13.8. The Bertz CT molecular complexity index is 232. The van der Waals surface area contributed by atoms with E-state index in [0.717, 1.165) is 0 Å². The molecule has 1 aromatic heterocycles. The lowest BCUT2D eigenvalue weighted by atomic mass is 10.5. The predicted molar refractivity (Wildman–Crippen MR) is 45.8 cm³/mol. The third-order valence-corrected chi connectivity index (χ3v) is 1.29. The van der Waals surface area contributed by atoms with Gasteiger partial charge >= 0.3 is 0 Å². The van der Waals surface area contributed by atoms with Crippen LogP contribution in [0.3, 0.4) is 0 Å². The minimum atomic E-state index is -0.756. The molecule has 1 unspecified atom stereocenters. The van der Waals surface area contributed by atoms with Gasteiger partial charge in [0.1, 0.15) is 0 Å². The molecule has 0 amide bonds. The molecule has 0 aromatic carbocycles. The van der Waals surface area contributed by atoms with Gasteiger partial charge in [0, 0.05) is 25.2 Å². The summed E-state index contributed by atoms with van der Waals surface area (Å²) in [5.41, 5.74) is 5.17. The van der Waals surface area contributed by atoms with E-state index in [2.05, 4.69) is 10.1 Å². The van der Waals surface area contributed by atoms with Crippen molar-refractivity contribution in [2.75, 3.05) is 6.54 Å². The van der Waals surface area contributed by atoms with Crippen LogP contribution in [0.1, 0.15) is 0 Å². The highest BCUT2D eigenvalue weighted by Gasteiger charge is 1.99. The highest BCUT2D eigenvalue weighted by Crippen LogP contribution is 1.91. The Labute approximate surface area is 70.5 Å². The predicted octanol–water partition coefficient (Wildman–Crippen LogP) is -0.769. The first-order valence-electron chi connectivity index (χ1n) is 3.70. The van der Waals surface area contributed by atoms with Gasteiger partial charge in [0.25, 0.3) is 0 Å². The largest absolute Gasteiger partial charge is 0.370 e. The van der Waals surface area contributed by atoms with Gasteiger partial charge in [-0.25, -0.2) is 0 Å². The summed E-state index contributed by atoms with van der Waals surface area (Å²) >= 11 is 0. The molecule has 0 fully saturated rings. The molecule has 0 bridgehead atoms. The van der Waals surface area contributed by atoms with Crippen molar-refractivity contribution < 1.29 is 5.11 Å². The van der Waals surface area contributed by atoms with Gasteiger partial charge in [0.2, 0.25) is 0 Å². The minimum Gasteiger partial charge on any atom is -0.370 e. The molecule has 1 aromatic rings. The second kappa shape index (κ2) is 4.63. The second-order valence-electron chi connectivity index (χ2n) is 2.28. The Morgan fingerprint density at radius 2 is 2.58 bits per heavy atom. The topological polar surface area (TPSA) is 76.4 Å². The summed E-state index contributed by atoms with van der Waals surface area (Å²) in [5, 5.41) is 13.2. The second-order valence-corrected chi connectivity index (χ2v) is 2.28. The van der Waals surface area contributed by atoms with E-state index in [9.17, 15) is 5.11 Å². The van der Waals surface area contributed by atoms with Crippen molar-refractivity contribution in [1.82, 2.24) is 9.78 Å². The van der Waals surface area contributed by atoms with Crippen LogP contribution in [0.2, 0.25) is 0 Å². The maximum atomic E-state index is 9.24. The fourth-order valence-corrected chi connectivity index (χ4v) is 0.805. The lowest BCUT2D eigenvalue weighted by Crippen LogP contribution is -2.15. The summed E-state index contributed by atoms with van der Waals surface area (Å²) in [7, 11) is 0. The van der Waals surface area contributed by atoms with Crippen molar-refractivity contribution in [1.29, 1.82) is 0 Å². The number of aliphatic imine (C=N–C) groups is 1. The summed E-state index contributed by atoms with van der Waals surface area (Å²) < 4.78 is 1.61. The summed E-state index contributed by atoms with van der Waals surface area (Å²) in [4.78, 5) is 3.76. The molecule has 12 heavy (non-hydrogen) atoms. The van der Waals surface area contributed by atoms with Gasteiger partial charge in [-0.05, 0) is 6.07 Å². The SMILES string of the molecule is NCC=NC(O)Cn1cccn1. The van der Waals surface area contributed by atoms with E-state index in [4.69, 9.17) is 5.73 Å². The van der Waals surface area contributed by atoms with Crippen LogP contribution in [-0.2, 0) is 6.54 Å². The number of hydrogen-bond donors (Lipinski definition) is 2. The van der Waals surface area contributed by atoms with Crippen molar-refractivity contribution in [3.05, 3.63) is 18.5 Å². The van der Waals surface area contributed by atoms with Crippen LogP contribution in [0.25, 0.3) is 0 Å². The van der Waals surface area contributed by atoms with E-state index in [1.807, 2.05) is 0 Å². The maximum Gasteiger partial charge on any atom is 0.164 e. The number of hydrogen-bond acceptors (Lipinski definition) is 4. The Balaban J connectivity index is 2.36. The lowest BCUT2D eigenvalue weighted by molar-refractivity contribution is 0.159. The van der Waals surface area contributed by atoms with E-state index < -0.39 is 6.23 Å². The van der Waals surface area contributed by atoms with Crippen LogP contribution in [0, 0.1) is 0 Å². The number of aromatic nitrogens is 2. The van der Waals surface area contributed by atoms with Gasteiger partial charge in [-0.3, -0.25) is 9.67 Å². The summed E-state index contributed by atoms with van der Waals surface area (Å²) in [6.45, 7) is 0.708. The fraction of sp³-hybridized carbons (Fsp3) is 0.429. The van der Waals surface area contributed by atoms with Crippen molar-refractivity contribution in [3.63, 3.8) is 0 Å². The van der Waals surface area contributed by atoms with Crippen LogP contribution in [-0.4, -0.2) is 33.9 Å². The highest BCUT2D eigenvalue weighted by atomic mass is 16.3. The van der Waals surface area contributed by atoms with Crippen LogP contribution < -0.4 is 5.73 Å². The van der Waals surface area contributed by atoms with E-state index >= 15 is 0 Å². The van der Waals surface area contributed by atoms with E-state index in [1.54, 1.807) is 23.1 Å². The number of aliphatic hydroxyl groups excluding tert-OH is 1. The van der Waals surface area contributed by atoms with Crippen LogP contribution >= 0.6 is 0 Å². The highest BCUT2D eigenvalue weighted by molar-refractivity contribution is 5.59. The molecule has 1 atom stereocenters. The Morgan fingerprint density at radius 3 is 3.17 bits per heavy atom. The molecule has 5 nitrogen and oxygen atoms in total. The Kier molecular flexibility index (Phi) is 3.43. The van der Waals surface area contributed by atoms with Gasteiger partial charge in [0.15, 0.2) is 6.23 Å². The molecular weight excluding hydrogens is 156 g/mol. The fourth-order valence-electron chi connectivity index (χ4n) is 0.805. The van der Waals surface area contributed by atoms with E-state index in [1.165, 1.54) is 6.21 Å². The van der Waals surface area contributed by atoms with Crippen LogP contribution in [0.4, 0.5) is 0 Å². The van der Waals surface area contributed by atoms with Crippen molar-refractivity contribution in [3.8, 4) is 0 Å². The number of nitrogens with zero attached hydrogens (tertiary/aromatic N) is 3. The van der Waals surface area contributed by atoms with Crippen LogP contribution in [0.15, 0.2) is 23.5 Å². The number of aliphatic hydroxyl groups is 1. The zero-order valence-electron chi connectivity index (χ0n) is 6.67. The van der Waals surface area contributed by atoms with Crippen molar-refractivity contribution in [2.24, 2.45) is 10.7 Å². The van der Waals surface area contributed by atoms with E-state index in [0.29, 0.717) is 13.1 Å². The monoisotopic (exact) mass is 168 g/mol. The lowest BCUT2D eigenvalue weighted by Gasteiger charge is -2.04.